The van der Waals surface area contributed by atoms with Gasteiger partial charge >= 0.3 is 11.9 Å². The summed E-state index contributed by atoms with van der Waals surface area (Å²) in [5.74, 6) is -1.26. The van der Waals surface area contributed by atoms with Crippen LogP contribution in [0.3, 0.4) is 0 Å². The molecule has 110 valence electrons. The van der Waals surface area contributed by atoms with E-state index in [2.05, 4.69) is 4.74 Å². The van der Waals surface area contributed by atoms with Crippen molar-refractivity contribution < 1.29 is 23.5 Å². The Labute approximate surface area is 130 Å². The van der Waals surface area contributed by atoms with E-state index >= 15 is 0 Å². The van der Waals surface area contributed by atoms with Gasteiger partial charge in [-0.15, -0.1) is 0 Å². The number of hydrogen-bond donors (Lipinski definition) is 0. The molecule has 2 rings (SSSR count). The Morgan fingerprint density at radius 3 is 2.43 bits per heavy atom. The van der Waals surface area contributed by atoms with Gasteiger partial charge in [0, 0.05) is 15.6 Å². The molecule has 0 aliphatic carbocycles. The van der Waals surface area contributed by atoms with Gasteiger partial charge in [-0.2, -0.15) is 0 Å². The third-order valence-corrected chi connectivity index (χ3v) is 3.01. The minimum Gasteiger partial charge on any atom is -0.463 e. The van der Waals surface area contributed by atoms with Crippen LogP contribution in [0.25, 0.3) is 0 Å². The minimum absolute atomic E-state index is 0.00516. The summed E-state index contributed by atoms with van der Waals surface area (Å²) >= 11 is 11.6. The second-order valence-electron chi connectivity index (χ2n) is 4.00. The fourth-order valence-corrected chi connectivity index (χ4v) is 2.15. The lowest BCUT2D eigenvalue weighted by atomic mass is 10.2. The summed E-state index contributed by atoms with van der Waals surface area (Å²) < 4.78 is 14.6. The quantitative estimate of drug-likeness (QED) is 0.800. The summed E-state index contributed by atoms with van der Waals surface area (Å²) in [6.45, 7) is -0.135. The van der Waals surface area contributed by atoms with Crippen LogP contribution in [0.4, 0.5) is 0 Å². The number of benzene rings is 1. The maximum absolute atomic E-state index is 11.9. The summed E-state index contributed by atoms with van der Waals surface area (Å²) in [7, 11) is 1.23. The molecule has 0 spiro atoms. The highest BCUT2D eigenvalue weighted by Crippen LogP contribution is 2.20. The maximum Gasteiger partial charge on any atom is 0.374 e. The lowest BCUT2D eigenvalue weighted by Gasteiger charge is -2.05. The molecule has 0 fully saturated rings. The first-order chi connectivity index (χ1) is 10.0. The summed E-state index contributed by atoms with van der Waals surface area (Å²) in [5, 5.41) is 0.654. The van der Waals surface area contributed by atoms with Crippen LogP contribution in [0.1, 0.15) is 26.5 Å². The van der Waals surface area contributed by atoms with E-state index < -0.39 is 11.9 Å². The van der Waals surface area contributed by atoms with Gasteiger partial charge in [-0.05, 0) is 24.3 Å². The van der Waals surface area contributed by atoms with Crippen molar-refractivity contribution in [3.8, 4) is 0 Å². The zero-order chi connectivity index (χ0) is 15.4. The molecule has 0 saturated heterocycles. The Morgan fingerprint density at radius 2 is 1.81 bits per heavy atom. The van der Waals surface area contributed by atoms with Crippen LogP contribution in [-0.4, -0.2) is 19.0 Å². The number of furan rings is 1. The van der Waals surface area contributed by atoms with E-state index in [1.165, 1.54) is 37.6 Å². The second kappa shape index (κ2) is 6.65. The first-order valence-corrected chi connectivity index (χ1v) is 6.54. The van der Waals surface area contributed by atoms with E-state index in [1.807, 2.05) is 0 Å². The second-order valence-corrected chi connectivity index (χ2v) is 4.87. The number of methoxy groups -OCH3 is 1. The SMILES string of the molecule is COC(=O)c1occc1COC(=O)c1cc(Cl)cc(Cl)c1. The van der Waals surface area contributed by atoms with Crippen LogP contribution in [-0.2, 0) is 16.1 Å². The average molecular weight is 329 g/mol. The van der Waals surface area contributed by atoms with Gasteiger partial charge < -0.3 is 13.9 Å². The highest BCUT2D eigenvalue weighted by molar-refractivity contribution is 6.35. The molecule has 0 unspecified atom stereocenters. The standard InChI is InChI=1S/C14H10Cl2O5/c1-19-14(18)12-8(2-3-20-12)7-21-13(17)9-4-10(15)6-11(16)5-9/h2-6H,7H2,1H3. The zero-order valence-electron chi connectivity index (χ0n) is 10.9. The molecule has 1 aromatic heterocycles. The summed E-state index contributed by atoms with van der Waals surface area (Å²) in [5.41, 5.74) is 0.624. The van der Waals surface area contributed by atoms with Crippen molar-refractivity contribution >= 4 is 35.1 Å². The largest absolute Gasteiger partial charge is 0.463 e. The molecule has 7 heteroatoms. The molecular formula is C14H10Cl2O5. The highest BCUT2D eigenvalue weighted by atomic mass is 35.5. The number of ether oxygens (including phenoxy) is 2. The number of esters is 2. The van der Waals surface area contributed by atoms with Crippen LogP contribution in [0.15, 0.2) is 34.9 Å². The van der Waals surface area contributed by atoms with Crippen molar-refractivity contribution in [1.82, 2.24) is 0 Å². The van der Waals surface area contributed by atoms with Crippen LogP contribution in [0.2, 0.25) is 10.0 Å². The van der Waals surface area contributed by atoms with Gasteiger partial charge in [0.05, 0.1) is 18.9 Å². The fraction of sp³-hybridized carbons (Fsp3) is 0.143. The van der Waals surface area contributed by atoms with E-state index in [4.69, 9.17) is 32.4 Å². The fourth-order valence-electron chi connectivity index (χ4n) is 1.62. The molecule has 0 radical (unpaired) electrons. The molecular weight excluding hydrogens is 319 g/mol. The molecule has 5 nitrogen and oxygen atoms in total. The van der Waals surface area contributed by atoms with Gasteiger partial charge in [0.15, 0.2) is 0 Å². The van der Waals surface area contributed by atoms with Crippen LogP contribution < -0.4 is 0 Å². The Kier molecular flexibility index (Phi) is 4.88. The van der Waals surface area contributed by atoms with Gasteiger partial charge in [-0.25, -0.2) is 9.59 Å². The van der Waals surface area contributed by atoms with Crippen molar-refractivity contribution in [2.24, 2.45) is 0 Å². The van der Waals surface area contributed by atoms with E-state index in [9.17, 15) is 9.59 Å². The van der Waals surface area contributed by atoms with Crippen LogP contribution >= 0.6 is 23.2 Å². The van der Waals surface area contributed by atoms with Crippen molar-refractivity contribution in [2.75, 3.05) is 7.11 Å². The Morgan fingerprint density at radius 1 is 1.14 bits per heavy atom. The predicted molar refractivity (Wildman–Crippen MR) is 75.6 cm³/mol. The van der Waals surface area contributed by atoms with Gasteiger partial charge in [0.2, 0.25) is 5.76 Å². The first-order valence-electron chi connectivity index (χ1n) is 5.79. The smallest absolute Gasteiger partial charge is 0.374 e. The molecule has 2 aromatic rings. The van der Waals surface area contributed by atoms with Gasteiger partial charge in [-0.3, -0.25) is 0 Å². The van der Waals surface area contributed by atoms with Crippen molar-refractivity contribution in [3.05, 3.63) is 57.5 Å². The first kappa shape index (κ1) is 15.4. The summed E-state index contributed by atoms with van der Waals surface area (Å²) in [6, 6.07) is 5.90. The molecule has 1 heterocycles. The number of halogens is 2. The number of carbonyl (C=O) groups excluding carboxylic acids is 2. The van der Waals surface area contributed by atoms with Gasteiger partial charge in [-0.1, -0.05) is 23.2 Å². The monoisotopic (exact) mass is 328 g/mol. The number of rotatable bonds is 4. The topological polar surface area (TPSA) is 65.7 Å². The normalized spacial score (nSPS) is 10.2. The van der Waals surface area contributed by atoms with Gasteiger partial charge in [0.25, 0.3) is 0 Å². The Balaban J connectivity index is 2.08. The van der Waals surface area contributed by atoms with Crippen molar-refractivity contribution in [3.63, 3.8) is 0 Å². The molecule has 0 bridgehead atoms. The lowest BCUT2D eigenvalue weighted by Crippen LogP contribution is -2.08. The van der Waals surface area contributed by atoms with Crippen molar-refractivity contribution in [1.29, 1.82) is 0 Å². The average Bonchev–Trinajstić information content (AvgIpc) is 2.91. The molecule has 1 aromatic carbocycles. The van der Waals surface area contributed by atoms with E-state index in [1.54, 1.807) is 0 Å². The van der Waals surface area contributed by atoms with Gasteiger partial charge in [0.1, 0.15) is 6.61 Å². The lowest BCUT2D eigenvalue weighted by molar-refractivity contribution is 0.0453. The zero-order valence-corrected chi connectivity index (χ0v) is 12.4. The van der Waals surface area contributed by atoms with Crippen molar-refractivity contribution in [2.45, 2.75) is 6.61 Å². The van der Waals surface area contributed by atoms with Crippen LogP contribution in [0.5, 0.6) is 0 Å². The van der Waals surface area contributed by atoms with E-state index in [0.717, 1.165) is 0 Å². The summed E-state index contributed by atoms with van der Waals surface area (Å²) in [6.07, 6.45) is 1.31. The molecule has 0 aliphatic heterocycles. The highest BCUT2D eigenvalue weighted by Gasteiger charge is 2.18. The molecule has 0 N–H and O–H groups in total. The van der Waals surface area contributed by atoms with E-state index in [0.29, 0.717) is 15.6 Å². The third kappa shape index (κ3) is 3.77. The Bertz CT molecular complexity index is 658. The predicted octanol–water partition coefficient (Wildman–Crippen LogP) is 3.73. The maximum atomic E-state index is 11.9. The number of carbonyl (C=O) groups is 2. The third-order valence-electron chi connectivity index (χ3n) is 2.57. The molecule has 0 amide bonds. The molecule has 21 heavy (non-hydrogen) atoms. The van der Waals surface area contributed by atoms with E-state index in [-0.39, 0.29) is 17.9 Å². The minimum atomic E-state index is -0.642. The molecule has 0 aliphatic rings. The summed E-state index contributed by atoms with van der Waals surface area (Å²) in [4.78, 5) is 23.3. The molecule has 0 atom stereocenters. The molecule has 0 saturated carbocycles. The Hall–Kier alpha value is -1.98. The number of hydrogen-bond acceptors (Lipinski definition) is 5. The van der Waals surface area contributed by atoms with Crippen LogP contribution in [0, 0.1) is 0 Å².